The van der Waals surface area contributed by atoms with Crippen molar-refractivity contribution in [3.05, 3.63) is 71.7 Å². The number of H-pyrrole nitrogens is 2. The molecule has 0 radical (unpaired) electrons. The smallest absolute Gasteiger partial charge is 0.124 e. The van der Waals surface area contributed by atoms with Crippen molar-refractivity contribution < 1.29 is 0 Å². The number of benzene rings is 2. The molecule has 0 bridgehead atoms. The van der Waals surface area contributed by atoms with Crippen LogP contribution in [0, 0.1) is 23.7 Å². The van der Waals surface area contributed by atoms with Crippen LogP contribution in [0.15, 0.2) is 48.8 Å². The van der Waals surface area contributed by atoms with Gasteiger partial charge in [0.25, 0.3) is 0 Å². The lowest BCUT2D eigenvalue weighted by atomic mass is 10.0. The summed E-state index contributed by atoms with van der Waals surface area (Å²) < 4.78 is 0. The SMILES string of the molecule is C[C@@H]1CC[C@H](c2ncc(-c3ccc4cc(C#Cc5cnc([C@@H]6C[C@H]7C[C@H]7N6)[nH]5)ccc4c3)[nH]2)C1. The number of imidazole rings is 2. The number of fused-ring (bicyclic) bond motifs is 2. The quantitative estimate of drug-likeness (QED) is 0.354. The van der Waals surface area contributed by atoms with E-state index in [2.05, 4.69) is 75.4 Å². The molecule has 170 valence electrons. The molecule has 4 aromatic rings. The number of rotatable bonds is 3. The maximum Gasteiger partial charge on any atom is 0.124 e. The van der Waals surface area contributed by atoms with E-state index in [1.165, 1.54) is 48.4 Å². The summed E-state index contributed by atoms with van der Waals surface area (Å²) >= 11 is 0. The summed E-state index contributed by atoms with van der Waals surface area (Å²) in [5.74, 6) is 11.0. The predicted octanol–water partition coefficient (Wildman–Crippen LogP) is 5.68. The van der Waals surface area contributed by atoms with Crippen LogP contribution >= 0.6 is 0 Å². The van der Waals surface area contributed by atoms with Crippen molar-refractivity contribution in [3.8, 4) is 23.1 Å². The Kier molecular flexibility index (Phi) is 4.63. The average Bonchev–Trinajstić information content (AvgIpc) is 3.41. The van der Waals surface area contributed by atoms with Gasteiger partial charge in [0.15, 0.2) is 0 Å². The first kappa shape index (κ1) is 20.1. The number of nitrogens with one attached hydrogen (secondary N) is 3. The topological polar surface area (TPSA) is 69.4 Å². The van der Waals surface area contributed by atoms with Gasteiger partial charge in [-0.2, -0.15) is 0 Å². The van der Waals surface area contributed by atoms with Gasteiger partial charge in [-0.1, -0.05) is 31.0 Å². The minimum Gasteiger partial charge on any atom is -0.342 e. The zero-order chi connectivity index (χ0) is 22.6. The highest BCUT2D eigenvalue weighted by Gasteiger charge is 2.46. The van der Waals surface area contributed by atoms with Crippen molar-refractivity contribution in [3.63, 3.8) is 0 Å². The first-order chi connectivity index (χ1) is 16.7. The summed E-state index contributed by atoms with van der Waals surface area (Å²) in [6.07, 6.45) is 10.2. The van der Waals surface area contributed by atoms with Crippen molar-refractivity contribution in [2.75, 3.05) is 0 Å². The Morgan fingerprint density at radius 2 is 1.74 bits per heavy atom. The Morgan fingerprint density at radius 3 is 2.59 bits per heavy atom. The second kappa shape index (κ2) is 7.85. The first-order valence-corrected chi connectivity index (χ1v) is 12.6. The maximum atomic E-state index is 4.70. The molecule has 3 aliphatic rings. The van der Waals surface area contributed by atoms with Gasteiger partial charge in [0.1, 0.15) is 17.3 Å². The molecule has 34 heavy (non-hydrogen) atoms. The summed E-state index contributed by atoms with van der Waals surface area (Å²) in [5.41, 5.74) is 4.17. The molecule has 0 amide bonds. The number of nitrogens with zero attached hydrogens (tertiary/aromatic N) is 2. The lowest BCUT2D eigenvalue weighted by Gasteiger charge is -2.08. The molecule has 0 unspecified atom stereocenters. The van der Waals surface area contributed by atoms with Gasteiger partial charge in [-0.3, -0.25) is 0 Å². The number of aromatic nitrogens is 4. The Balaban J connectivity index is 1.08. The Bertz CT molecular complexity index is 1420. The summed E-state index contributed by atoms with van der Waals surface area (Å²) in [5, 5.41) is 6.04. The lowest BCUT2D eigenvalue weighted by Crippen LogP contribution is -2.18. The van der Waals surface area contributed by atoms with E-state index in [4.69, 9.17) is 4.98 Å². The fourth-order valence-corrected chi connectivity index (χ4v) is 5.89. The Hall–Kier alpha value is -3.36. The third kappa shape index (κ3) is 3.73. The van der Waals surface area contributed by atoms with E-state index in [0.717, 1.165) is 40.4 Å². The molecule has 3 N–H and O–H groups in total. The molecule has 0 spiro atoms. The zero-order valence-corrected chi connectivity index (χ0v) is 19.4. The minimum atomic E-state index is 0.363. The fourth-order valence-electron chi connectivity index (χ4n) is 5.89. The molecule has 1 aliphatic heterocycles. The molecule has 2 aromatic carbocycles. The fraction of sp³-hybridized carbons (Fsp3) is 0.379. The molecule has 2 aliphatic carbocycles. The second-order valence-electron chi connectivity index (χ2n) is 10.6. The van der Waals surface area contributed by atoms with Crippen molar-refractivity contribution in [1.82, 2.24) is 25.3 Å². The average molecular weight is 448 g/mol. The van der Waals surface area contributed by atoms with Crippen LogP contribution in [0.5, 0.6) is 0 Å². The van der Waals surface area contributed by atoms with E-state index in [-0.39, 0.29) is 0 Å². The van der Waals surface area contributed by atoms with Gasteiger partial charge in [-0.05, 0) is 78.8 Å². The molecular weight excluding hydrogens is 418 g/mol. The molecule has 5 nitrogen and oxygen atoms in total. The summed E-state index contributed by atoms with van der Waals surface area (Å²) in [4.78, 5) is 16.2. The van der Waals surface area contributed by atoms with Crippen molar-refractivity contribution in [2.45, 2.75) is 57.0 Å². The number of hydrogen-bond donors (Lipinski definition) is 3. The van der Waals surface area contributed by atoms with E-state index in [1.54, 1.807) is 0 Å². The van der Waals surface area contributed by atoms with E-state index in [1.807, 2.05) is 12.4 Å². The molecule has 5 heteroatoms. The molecule has 2 saturated carbocycles. The van der Waals surface area contributed by atoms with Crippen LogP contribution in [-0.4, -0.2) is 26.0 Å². The van der Waals surface area contributed by atoms with E-state index in [9.17, 15) is 0 Å². The highest BCUT2D eigenvalue weighted by molar-refractivity contribution is 5.88. The monoisotopic (exact) mass is 447 g/mol. The third-order valence-corrected chi connectivity index (χ3v) is 7.97. The number of piperidine rings is 1. The van der Waals surface area contributed by atoms with E-state index in [0.29, 0.717) is 18.0 Å². The van der Waals surface area contributed by atoms with Gasteiger partial charge in [0, 0.05) is 23.1 Å². The minimum absolute atomic E-state index is 0.363. The van der Waals surface area contributed by atoms with Gasteiger partial charge < -0.3 is 15.3 Å². The first-order valence-electron chi connectivity index (χ1n) is 12.6. The summed E-state index contributed by atoms with van der Waals surface area (Å²) in [6.45, 7) is 2.34. The third-order valence-electron chi connectivity index (χ3n) is 7.97. The predicted molar refractivity (Wildman–Crippen MR) is 134 cm³/mol. The molecule has 3 fully saturated rings. The van der Waals surface area contributed by atoms with Crippen molar-refractivity contribution in [1.29, 1.82) is 0 Å². The highest BCUT2D eigenvalue weighted by Crippen LogP contribution is 2.45. The maximum absolute atomic E-state index is 4.70. The molecular formula is C29H29N5. The normalized spacial score (nSPS) is 27.5. The molecule has 7 rings (SSSR count). The van der Waals surface area contributed by atoms with Crippen LogP contribution in [0.3, 0.4) is 0 Å². The largest absolute Gasteiger partial charge is 0.342 e. The van der Waals surface area contributed by atoms with Gasteiger partial charge >= 0.3 is 0 Å². The van der Waals surface area contributed by atoms with Crippen molar-refractivity contribution in [2.24, 2.45) is 11.8 Å². The molecule has 5 atom stereocenters. The number of hydrogen-bond acceptors (Lipinski definition) is 3. The van der Waals surface area contributed by atoms with Gasteiger partial charge in [0.2, 0.25) is 0 Å². The molecule has 2 aromatic heterocycles. The molecule has 1 saturated heterocycles. The van der Waals surface area contributed by atoms with Crippen LogP contribution in [-0.2, 0) is 0 Å². The van der Waals surface area contributed by atoms with Gasteiger partial charge in [-0.15, -0.1) is 0 Å². The van der Waals surface area contributed by atoms with E-state index < -0.39 is 0 Å². The van der Waals surface area contributed by atoms with Gasteiger partial charge in [-0.25, -0.2) is 9.97 Å². The second-order valence-corrected chi connectivity index (χ2v) is 10.6. The highest BCUT2D eigenvalue weighted by atomic mass is 15.1. The van der Waals surface area contributed by atoms with Crippen LogP contribution < -0.4 is 5.32 Å². The van der Waals surface area contributed by atoms with Crippen LogP contribution in [0.25, 0.3) is 22.0 Å². The van der Waals surface area contributed by atoms with Crippen LogP contribution in [0.4, 0.5) is 0 Å². The molecule has 3 heterocycles. The zero-order valence-electron chi connectivity index (χ0n) is 19.4. The van der Waals surface area contributed by atoms with Crippen LogP contribution in [0.1, 0.15) is 73.9 Å². The van der Waals surface area contributed by atoms with Crippen LogP contribution in [0.2, 0.25) is 0 Å². The Labute approximate surface area is 199 Å². The summed E-state index contributed by atoms with van der Waals surface area (Å²) in [7, 11) is 0. The van der Waals surface area contributed by atoms with Crippen molar-refractivity contribution >= 4 is 10.8 Å². The van der Waals surface area contributed by atoms with Gasteiger partial charge in [0.05, 0.1) is 24.1 Å². The Morgan fingerprint density at radius 1 is 0.853 bits per heavy atom. The summed E-state index contributed by atoms with van der Waals surface area (Å²) in [6, 6.07) is 14.1. The lowest BCUT2D eigenvalue weighted by molar-refractivity contribution is 0.543. The standard InChI is InChI=1S/C29H29N5/c1-17-2-5-22(10-17)28-31-16-27(34-28)21-8-7-19-11-18(3-6-20(19)12-21)4-9-24-15-30-29(32-24)26-14-23-13-25(23)33-26/h3,6-8,11-12,15-17,22-23,25-26,33H,2,5,10,13-14H2,1H3,(H,30,32)(H,31,34)/t17-,22+,23-,25-,26+/m1/s1. The number of aromatic amines is 2. The van der Waals surface area contributed by atoms with E-state index >= 15 is 0 Å².